The zero-order valence-electron chi connectivity index (χ0n) is 12.4. The van der Waals surface area contributed by atoms with Crippen molar-refractivity contribution in [1.29, 1.82) is 0 Å². The number of rotatable bonds is 6. The van der Waals surface area contributed by atoms with Gasteiger partial charge in [-0.2, -0.15) is 0 Å². The van der Waals surface area contributed by atoms with Crippen molar-refractivity contribution in [3.8, 4) is 0 Å². The number of hydrogen-bond acceptors (Lipinski definition) is 2. The van der Waals surface area contributed by atoms with Crippen LogP contribution in [0.15, 0.2) is 24.3 Å². The average Bonchev–Trinajstić information content (AvgIpc) is 2.27. The van der Waals surface area contributed by atoms with Gasteiger partial charge in [0.1, 0.15) is 5.82 Å². The maximum Gasteiger partial charge on any atom is 0.123 e. The van der Waals surface area contributed by atoms with Crippen LogP contribution in [0, 0.1) is 11.2 Å². The van der Waals surface area contributed by atoms with E-state index in [0.29, 0.717) is 0 Å². The first-order valence-electron chi connectivity index (χ1n) is 6.94. The van der Waals surface area contributed by atoms with Crippen molar-refractivity contribution in [1.82, 2.24) is 5.32 Å². The summed E-state index contributed by atoms with van der Waals surface area (Å²) in [5.74, 6) is -0.188. The quantitative estimate of drug-likeness (QED) is 0.830. The predicted octanol–water partition coefficient (Wildman–Crippen LogP) is 3.14. The summed E-state index contributed by atoms with van der Waals surface area (Å²) in [7, 11) is 0. The number of nitrogens with one attached hydrogen (secondary N) is 1. The van der Waals surface area contributed by atoms with E-state index < -0.39 is 0 Å². The standard InChI is InChI=1S/C16H26FNO/c1-12(10-13-6-5-7-14(17)11-13)18-15(8-9-19)16(2,3)4/h5-7,11-12,15,18-19H,8-10H2,1-4H3. The first kappa shape index (κ1) is 16.1. The zero-order chi connectivity index (χ0) is 14.5. The smallest absolute Gasteiger partial charge is 0.123 e. The summed E-state index contributed by atoms with van der Waals surface area (Å²) in [6.45, 7) is 8.77. The normalized spacial score (nSPS) is 15.3. The van der Waals surface area contributed by atoms with E-state index in [1.807, 2.05) is 6.07 Å². The Kier molecular flexibility index (Phi) is 5.95. The molecule has 0 bridgehead atoms. The highest BCUT2D eigenvalue weighted by molar-refractivity contribution is 5.17. The Labute approximate surface area is 116 Å². The number of hydrogen-bond donors (Lipinski definition) is 2. The molecule has 0 saturated heterocycles. The molecule has 2 N–H and O–H groups in total. The Morgan fingerprint density at radius 3 is 2.53 bits per heavy atom. The third kappa shape index (κ3) is 5.70. The topological polar surface area (TPSA) is 32.3 Å². The van der Waals surface area contributed by atoms with Crippen LogP contribution in [0.2, 0.25) is 0 Å². The van der Waals surface area contributed by atoms with E-state index in [0.717, 1.165) is 18.4 Å². The highest BCUT2D eigenvalue weighted by Crippen LogP contribution is 2.22. The summed E-state index contributed by atoms with van der Waals surface area (Å²) in [6, 6.07) is 7.23. The fraction of sp³-hybridized carbons (Fsp3) is 0.625. The van der Waals surface area contributed by atoms with E-state index in [-0.39, 0.29) is 29.9 Å². The second kappa shape index (κ2) is 7.01. The summed E-state index contributed by atoms with van der Waals surface area (Å²) >= 11 is 0. The second-order valence-corrected chi connectivity index (χ2v) is 6.33. The molecule has 2 nitrogen and oxygen atoms in total. The van der Waals surface area contributed by atoms with Gasteiger partial charge in [-0.15, -0.1) is 0 Å². The number of benzene rings is 1. The summed E-state index contributed by atoms with van der Waals surface area (Å²) in [5, 5.41) is 12.7. The van der Waals surface area contributed by atoms with Gasteiger partial charge in [-0.3, -0.25) is 0 Å². The van der Waals surface area contributed by atoms with Crippen molar-refractivity contribution in [2.75, 3.05) is 6.61 Å². The molecule has 0 amide bonds. The monoisotopic (exact) mass is 267 g/mol. The Balaban J connectivity index is 2.60. The van der Waals surface area contributed by atoms with Crippen LogP contribution >= 0.6 is 0 Å². The molecule has 2 unspecified atom stereocenters. The second-order valence-electron chi connectivity index (χ2n) is 6.33. The van der Waals surface area contributed by atoms with E-state index in [1.165, 1.54) is 6.07 Å². The minimum atomic E-state index is -0.188. The van der Waals surface area contributed by atoms with Gasteiger partial charge in [0, 0.05) is 18.7 Å². The molecular formula is C16H26FNO. The molecule has 2 atom stereocenters. The van der Waals surface area contributed by atoms with Crippen LogP contribution in [-0.4, -0.2) is 23.8 Å². The molecular weight excluding hydrogens is 241 g/mol. The van der Waals surface area contributed by atoms with Crippen LogP contribution in [0.1, 0.15) is 39.7 Å². The minimum absolute atomic E-state index is 0.0962. The molecule has 1 aromatic rings. The van der Waals surface area contributed by atoms with Crippen LogP contribution < -0.4 is 5.32 Å². The first-order valence-corrected chi connectivity index (χ1v) is 6.94. The van der Waals surface area contributed by atoms with Crippen LogP contribution in [0.5, 0.6) is 0 Å². The minimum Gasteiger partial charge on any atom is -0.396 e. The van der Waals surface area contributed by atoms with Crippen LogP contribution in [-0.2, 0) is 6.42 Å². The fourth-order valence-corrected chi connectivity index (χ4v) is 2.32. The first-order chi connectivity index (χ1) is 8.82. The van der Waals surface area contributed by atoms with Crippen molar-refractivity contribution < 1.29 is 9.50 Å². The van der Waals surface area contributed by atoms with Crippen molar-refractivity contribution in [2.24, 2.45) is 5.41 Å². The lowest BCUT2D eigenvalue weighted by molar-refractivity contribution is 0.187. The van der Waals surface area contributed by atoms with Crippen LogP contribution in [0.4, 0.5) is 4.39 Å². The van der Waals surface area contributed by atoms with Crippen molar-refractivity contribution in [3.05, 3.63) is 35.6 Å². The number of aliphatic hydroxyl groups is 1. The lowest BCUT2D eigenvalue weighted by atomic mass is 9.84. The van der Waals surface area contributed by atoms with Gasteiger partial charge in [-0.25, -0.2) is 4.39 Å². The van der Waals surface area contributed by atoms with Gasteiger partial charge >= 0.3 is 0 Å². The molecule has 0 aliphatic heterocycles. The van der Waals surface area contributed by atoms with Gasteiger partial charge in [-0.1, -0.05) is 32.9 Å². The van der Waals surface area contributed by atoms with Crippen molar-refractivity contribution in [3.63, 3.8) is 0 Å². The molecule has 0 spiro atoms. The van der Waals surface area contributed by atoms with E-state index in [1.54, 1.807) is 12.1 Å². The van der Waals surface area contributed by atoms with E-state index in [9.17, 15) is 4.39 Å². The highest BCUT2D eigenvalue weighted by Gasteiger charge is 2.25. The molecule has 1 aromatic carbocycles. The third-order valence-electron chi connectivity index (χ3n) is 3.38. The molecule has 0 saturated carbocycles. The summed E-state index contributed by atoms with van der Waals surface area (Å²) in [6.07, 6.45) is 1.52. The van der Waals surface area contributed by atoms with E-state index >= 15 is 0 Å². The molecule has 108 valence electrons. The maximum absolute atomic E-state index is 13.1. The molecule has 0 aromatic heterocycles. The fourth-order valence-electron chi connectivity index (χ4n) is 2.32. The van der Waals surface area contributed by atoms with E-state index in [4.69, 9.17) is 5.11 Å². The Morgan fingerprint density at radius 2 is 2.00 bits per heavy atom. The van der Waals surface area contributed by atoms with Gasteiger partial charge in [0.25, 0.3) is 0 Å². The lowest BCUT2D eigenvalue weighted by Crippen LogP contribution is -2.46. The summed E-state index contributed by atoms with van der Waals surface area (Å²) in [5.41, 5.74) is 1.09. The molecule has 0 fully saturated rings. The highest BCUT2D eigenvalue weighted by atomic mass is 19.1. The molecule has 1 rings (SSSR count). The van der Waals surface area contributed by atoms with Gasteiger partial charge in [0.15, 0.2) is 0 Å². The molecule has 3 heteroatoms. The molecule has 0 radical (unpaired) electrons. The number of aliphatic hydroxyl groups excluding tert-OH is 1. The van der Waals surface area contributed by atoms with Gasteiger partial charge in [-0.05, 0) is 42.9 Å². The summed E-state index contributed by atoms with van der Waals surface area (Å²) in [4.78, 5) is 0. The molecule has 0 aliphatic rings. The SMILES string of the molecule is CC(Cc1cccc(F)c1)NC(CCO)C(C)(C)C. The van der Waals surface area contributed by atoms with Gasteiger partial charge in [0.2, 0.25) is 0 Å². The largest absolute Gasteiger partial charge is 0.396 e. The Hall–Kier alpha value is -0.930. The van der Waals surface area contributed by atoms with Gasteiger partial charge in [0.05, 0.1) is 0 Å². The maximum atomic E-state index is 13.1. The van der Waals surface area contributed by atoms with Crippen molar-refractivity contribution >= 4 is 0 Å². The Bertz CT molecular complexity index is 387. The molecule has 0 heterocycles. The lowest BCUT2D eigenvalue weighted by Gasteiger charge is -2.34. The van der Waals surface area contributed by atoms with Crippen LogP contribution in [0.25, 0.3) is 0 Å². The third-order valence-corrected chi connectivity index (χ3v) is 3.38. The predicted molar refractivity (Wildman–Crippen MR) is 77.6 cm³/mol. The summed E-state index contributed by atoms with van der Waals surface area (Å²) < 4.78 is 13.1. The molecule has 0 aliphatic carbocycles. The Morgan fingerprint density at radius 1 is 1.32 bits per heavy atom. The average molecular weight is 267 g/mol. The molecule has 19 heavy (non-hydrogen) atoms. The van der Waals surface area contributed by atoms with Gasteiger partial charge < -0.3 is 10.4 Å². The van der Waals surface area contributed by atoms with Crippen molar-refractivity contribution in [2.45, 2.75) is 52.6 Å². The zero-order valence-corrected chi connectivity index (χ0v) is 12.4. The van der Waals surface area contributed by atoms with E-state index in [2.05, 4.69) is 33.0 Å². The number of halogens is 1. The van der Waals surface area contributed by atoms with Crippen LogP contribution in [0.3, 0.4) is 0 Å².